The third-order valence-electron chi connectivity index (χ3n) is 3.29. The Kier molecular flexibility index (Phi) is 3.07. The van der Waals surface area contributed by atoms with E-state index in [0.29, 0.717) is 12.1 Å². The third kappa shape index (κ3) is 2.42. The molecule has 1 aromatic carbocycles. The Balaban J connectivity index is 2.14. The molecule has 3 N–H and O–H groups in total. The molecule has 92 valence electrons. The van der Waals surface area contributed by atoms with E-state index in [1.807, 2.05) is 13.0 Å². The molecule has 1 saturated carbocycles. The zero-order chi connectivity index (χ0) is 12.5. The molecule has 0 atom stereocenters. The summed E-state index contributed by atoms with van der Waals surface area (Å²) in [4.78, 5) is 12.0. The maximum Gasteiger partial charge on any atom is 0.251 e. The van der Waals surface area contributed by atoms with Crippen molar-refractivity contribution in [1.82, 2.24) is 5.32 Å². The van der Waals surface area contributed by atoms with Crippen molar-refractivity contribution in [2.45, 2.75) is 25.3 Å². The fraction of sp³-hybridized carbons (Fsp3) is 0.462. The number of nitrogens with one attached hydrogen (secondary N) is 1. The second kappa shape index (κ2) is 4.37. The smallest absolute Gasteiger partial charge is 0.251 e. The topological polar surface area (TPSA) is 64.3 Å². The van der Waals surface area contributed by atoms with Gasteiger partial charge in [-0.3, -0.25) is 4.79 Å². The quantitative estimate of drug-likeness (QED) is 0.823. The van der Waals surface area contributed by atoms with Crippen LogP contribution in [0.3, 0.4) is 0 Å². The Morgan fingerprint density at radius 2 is 2.24 bits per heavy atom. The summed E-state index contributed by atoms with van der Waals surface area (Å²) in [6.07, 6.45) is 1.94. The van der Waals surface area contributed by atoms with E-state index in [1.165, 1.54) is 0 Å². The molecule has 0 aromatic heterocycles. The predicted molar refractivity (Wildman–Crippen MR) is 66.2 cm³/mol. The molecule has 4 heteroatoms. The van der Waals surface area contributed by atoms with Crippen molar-refractivity contribution in [3.05, 3.63) is 29.3 Å². The van der Waals surface area contributed by atoms with Crippen LogP contribution in [0.5, 0.6) is 5.75 Å². The van der Waals surface area contributed by atoms with Gasteiger partial charge in [0.05, 0.1) is 12.6 Å². The van der Waals surface area contributed by atoms with Gasteiger partial charge in [-0.15, -0.1) is 0 Å². The van der Waals surface area contributed by atoms with Crippen molar-refractivity contribution in [3.63, 3.8) is 0 Å². The molecule has 1 aliphatic carbocycles. The first-order valence-electron chi connectivity index (χ1n) is 5.77. The van der Waals surface area contributed by atoms with Crippen LogP contribution < -0.4 is 15.8 Å². The summed E-state index contributed by atoms with van der Waals surface area (Å²) in [7, 11) is 1.60. The van der Waals surface area contributed by atoms with Gasteiger partial charge in [-0.2, -0.15) is 0 Å². The number of rotatable bonds is 4. The lowest BCUT2D eigenvalue weighted by Crippen LogP contribution is -2.42. The molecule has 0 bridgehead atoms. The second-order valence-corrected chi connectivity index (χ2v) is 4.62. The number of carbonyl (C=O) groups is 1. The van der Waals surface area contributed by atoms with E-state index < -0.39 is 0 Å². The van der Waals surface area contributed by atoms with Crippen LogP contribution in [0.1, 0.15) is 28.8 Å². The fourth-order valence-corrected chi connectivity index (χ4v) is 1.81. The molecule has 4 nitrogen and oxygen atoms in total. The van der Waals surface area contributed by atoms with Crippen LogP contribution in [0.25, 0.3) is 0 Å². The van der Waals surface area contributed by atoms with Gasteiger partial charge in [0.25, 0.3) is 5.91 Å². The highest BCUT2D eigenvalue weighted by molar-refractivity contribution is 5.95. The molecule has 0 heterocycles. The van der Waals surface area contributed by atoms with Crippen LogP contribution in [0.4, 0.5) is 0 Å². The largest absolute Gasteiger partial charge is 0.496 e. The molecule has 2 rings (SSSR count). The summed E-state index contributed by atoms with van der Waals surface area (Å²) >= 11 is 0. The number of ether oxygens (including phenoxy) is 1. The monoisotopic (exact) mass is 234 g/mol. The average Bonchev–Trinajstić information content (AvgIpc) is 3.10. The summed E-state index contributed by atoms with van der Waals surface area (Å²) in [5.41, 5.74) is 7.11. The number of hydrogen-bond donors (Lipinski definition) is 2. The van der Waals surface area contributed by atoms with Crippen LogP contribution in [0.2, 0.25) is 0 Å². The Bertz CT molecular complexity index is 439. The Hall–Kier alpha value is -1.55. The van der Waals surface area contributed by atoms with Crippen molar-refractivity contribution in [2.24, 2.45) is 5.73 Å². The van der Waals surface area contributed by atoms with Gasteiger partial charge in [-0.25, -0.2) is 0 Å². The van der Waals surface area contributed by atoms with Crippen LogP contribution in [-0.4, -0.2) is 25.1 Å². The summed E-state index contributed by atoms with van der Waals surface area (Å²) in [5.74, 6) is 0.654. The Morgan fingerprint density at radius 3 is 2.76 bits per heavy atom. The molecule has 0 radical (unpaired) electrons. The number of methoxy groups -OCH3 is 1. The maximum atomic E-state index is 12.0. The average molecular weight is 234 g/mol. The summed E-state index contributed by atoms with van der Waals surface area (Å²) in [5, 5.41) is 2.98. The van der Waals surface area contributed by atoms with Crippen LogP contribution in [0, 0.1) is 6.92 Å². The van der Waals surface area contributed by atoms with Gasteiger partial charge < -0.3 is 15.8 Å². The minimum atomic E-state index is -0.158. The lowest BCUT2D eigenvalue weighted by atomic mass is 10.1. The fourth-order valence-electron chi connectivity index (χ4n) is 1.81. The first-order chi connectivity index (χ1) is 8.10. The number of aryl methyl sites for hydroxylation is 1. The van der Waals surface area contributed by atoms with Gasteiger partial charge in [-0.05, 0) is 37.5 Å². The van der Waals surface area contributed by atoms with E-state index in [9.17, 15) is 4.79 Å². The van der Waals surface area contributed by atoms with Crippen molar-refractivity contribution < 1.29 is 9.53 Å². The lowest BCUT2D eigenvalue weighted by molar-refractivity contribution is 0.0932. The first kappa shape index (κ1) is 11.9. The number of nitrogens with two attached hydrogens (primary N) is 1. The minimum absolute atomic E-state index is 0.0775. The summed E-state index contributed by atoms with van der Waals surface area (Å²) in [6.45, 7) is 2.45. The lowest BCUT2D eigenvalue weighted by Gasteiger charge is -2.15. The van der Waals surface area contributed by atoms with Crippen molar-refractivity contribution in [1.29, 1.82) is 0 Å². The predicted octanol–water partition coefficient (Wildman–Crippen LogP) is 1.22. The molecule has 1 fully saturated rings. The molecular weight excluding hydrogens is 216 g/mol. The normalized spacial score (nSPS) is 16.4. The van der Waals surface area contributed by atoms with Crippen LogP contribution in [0.15, 0.2) is 18.2 Å². The third-order valence-corrected chi connectivity index (χ3v) is 3.29. The first-order valence-corrected chi connectivity index (χ1v) is 5.77. The maximum absolute atomic E-state index is 12.0. The zero-order valence-corrected chi connectivity index (χ0v) is 10.2. The van der Waals surface area contributed by atoms with E-state index >= 15 is 0 Å². The van der Waals surface area contributed by atoms with Gasteiger partial charge in [0.2, 0.25) is 0 Å². The molecular formula is C13H18N2O2. The van der Waals surface area contributed by atoms with E-state index in [-0.39, 0.29) is 11.4 Å². The van der Waals surface area contributed by atoms with Crippen LogP contribution >= 0.6 is 0 Å². The van der Waals surface area contributed by atoms with Gasteiger partial charge >= 0.3 is 0 Å². The van der Waals surface area contributed by atoms with Gasteiger partial charge in [0.15, 0.2) is 0 Å². The molecule has 17 heavy (non-hydrogen) atoms. The molecule has 0 saturated heterocycles. The number of benzene rings is 1. The van der Waals surface area contributed by atoms with E-state index in [2.05, 4.69) is 5.32 Å². The molecule has 1 aliphatic rings. The minimum Gasteiger partial charge on any atom is -0.496 e. The van der Waals surface area contributed by atoms with Gasteiger partial charge in [-0.1, -0.05) is 6.07 Å². The van der Waals surface area contributed by atoms with Gasteiger partial charge in [0.1, 0.15) is 5.75 Å². The van der Waals surface area contributed by atoms with Gasteiger partial charge in [0, 0.05) is 12.1 Å². The van der Waals surface area contributed by atoms with E-state index in [4.69, 9.17) is 10.5 Å². The second-order valence-electron chi connectivity index (χ2n) is 4.62. The van der Waals surface area contributed by atoms with Crippen molar-refractivity contribution >= 4 is 5.91 Å². The molecule has 1 amide bonds. The van der Waals surface area contributed by atoms with Crippen molar-refractivity contribution in [3.8, 4) is 5.75 Å². The highest BCUT2D eigenvalue weighted by Crippen LogP contribution is 2.34. The standard InChI is InChI=1S/C13H18N2O2/c1-9-3-4-10(7-11(9)17-2)12(16)15-13(8-14)5-6-13/h3-4,7H,5-6,8,14H2,1-2H3,(H,15,16). The Morgan fingerprint density at radius 1 is 1.53 bits per heavy atom. The molecule has 0 aliphatic heterocycles. The summed E-state index contributed by atoms with van der Waals surface area (Å²) in [6, 6.07) is 5.45. The number of amides is 1. The zero-order valence-electron chi connectivity index (χ0n) is 10.2. The van der Waals surface area contributed by atoms with E-state index in [0.717, 1.165) is 24.2 Å². The number of carbonyl (C=O) groups excluding carboxylic acids is 1. The highest BCUT2D eigenvalue weighted by atomic mass is 16.5. The molecule has 0 unspecified atom stereocenters. The summed E-state index contributed by atoms with van der Waals surface area (Å²) < 4.78 is 5.20. The Labute approximate surface area is 101 Å². The highest BCUT2D eigenvalue weighted by Gasteiger charge is 2.42. The molecule has 0 spiro atoms. The van der Waals surface area contributed by atoms with Crippen LogP contribution in [-0.2, 0) is 0 Å². The SMILES string of the molecule is COc1cc(C(=O)NC2(CN)CC2)ccc1C. The number of hydrogen-bond acceptors (Lipinski definition) is 3. The van der Waals surface area contributed by atoms with Crippen molar-refractivity contribution in [2.75, 3.05) is 13.7 Å². The molecule has 1 aromatic rings. The van der Waals surface area contributed by atoms with E-state index in [1.54, 1.807) is 19.2 Å².